The SMILES string of the molecule is CN1C(=O)N(CCN2CCOCC2)C[C@H]1C(=O)NCc1cccc(C(F)(F)F)c1Cl. The predicted octanol–water partition coefficient (Wildman–Crippen LogP) is 2.04. The summed E-state index contributed by atoms with van der Waals surface area (Å²) in [6, 6.07) is 2.60. The number of ether oxygens (including phenoxy) is 1. The fourth-order valence-corrected chi connectivity index (χ4v) is 3.83. The Kier molecular flexibility index (Phi) is 7.10. The number of halogens is 4. The molecule has 3 rings (SSSR count). The molecule has 0 radical (unpaired) electrons. The zero-order valence-corrected chi connectivity index (χ0v) is 17.3. The van der Waals surface area contributed by atoms with Crippen LogP contribution in [0.1, 0.15) is 11.1 Å². The number of hydrogen-bond acceptors (Lipinski definition) is 4. The van der Waals surface area contributed by atoms with Gasteiger partial charge in [-0.05, 0) is 11.6 Å². The highest BCUT2D eigenvalue weighted by molar-refractivity contribution is 6.32. The first kappa shape index (κ1) is 22.6. The molecule has 1 atom stereocenters. The van der Waals surface area contributed by atoms with E-state index in [2.05, 4.69) is 10.2 Å². The second kappa shape index (κ2) is 9.40. The molecule has 2 saturated heterocycles. The normalized spacial score (nSPS) is 20.7. The summed E-state index contributed by atoms with van der Waals surface area (Å²) in [6.45, 7) is 4.19. The number of benzene rings is 1. The first-order chi connectivity index (χ1) is 14.2. The van der Waals surface area contributed by atoms with Crippen LogP contribution in [-0.4, -0.2) is 85.7 Å². The maximum absolute atomic E-state index is 13.0. The van der Waals surface area contributed by atoms with Crippen LogP contribution < -0.4 is 5.32 Å². The van der Waals surface area contributed by atoms with E-state index >= 15 is 0 Å². The van der Waals surface area contributed by atoms with Gasteiger partial charge in [0.25, 0.3) is 0 Å². The molecule has 0 bridgehead atoms. The highest BCUT2D eigenvalue weighted by Gasteiger charge is 2.39. The number of nitrogens with one attached hydrogen (secondary N) is 1. The van der Waals surface area contributed by atoms with Crippen LogP contribution in [-0.2, 0) is 22.3 Å². The Hall–Kier alpha value is -2.04. The van der Waals surface area contributed by atoms with Gasteiger partial charge in [-0.25, -0.2) is 4.79 Å². The van der Waals surface area contributed by atoms with E-state index in [-0.39, 0.29) is 24.7 Å². The molecule has 3 amide bonds. The Morgan fingerprint density at radius 2 is 1.97 bits per heavy atom. The second-order valence-corrected chi connectivity index (χ2v) is 7.68. The molecule has 0 unspecified atom stereocenters. The van der Waals surface area contributed by atoms with Crippen molar-refractivity contribution in [1.29, 1.82) is 0 Å². The number of carbonyl (C=O) groups is 2. The van der Waals surface area contributed by atoms with Crippen molar-refractivity contribution in [2.24, 2.45) is 0 Å². The molecule has 2 aliphatic heterocycles. The van der Waals surface area contributed by atoms with Gasteiger partial charge in [0.2, 0.25) is 5.91 Å². The molecular weight excluding hydrogens is 425 g/mol. The molecular formula is C19H24ClF3N4O3. The van der Waals surface area contributed by atoms with Gasteiger partial charge in [0.1, 0.15) is 6.04 Å². The monoisotopic (exact) mass is 448 g/mol. The van der Waals surface area contributed by atoms with Crippen molar-refractivity contribution in [2.75, 3.05) is 53.0 Å². The lowest BCUT2D eigenvalue weighted by atomic mass is 10.1. The zero-order chi connectivity index (χ0) is 21.9. The Bertz CT molecular complexity index is 787. The molecule has 0 aromatic heterocycles. The number of nitrogens with zero attached hydrogens (tertiary/aromatic N) is 3. The molecule has 1 aromatic carbocycles. The van der Waals surface area contributed by atoms with E-state index in [1.165, 1.54) is 17.0 Å². The average Bonchev–Trinajstić information content (AvgIpc) is 2.99. The van der Waals surface area contributed by atoms with E-state index < -0.39 is 28.7 Å². The standard InChI is InChI=1S/C19H24ClF3N4O3/c1-25-15(12-27(18(25)29)6-5-26-7-9-30-10-8-26)17(28)24-11-13-3-2-4-14(16(13)20)19(21,22)23/h2-4,15H,5-12H2,1H3,(H,24,28)/t15-/m0/s1. The van der Waals surface area contributed by atoms with E-state index in [9.17, 15) is 22.8 Å². The second-order valence-electron chi connectivity index (χ2n) is 7.30. The minimum atomic E-state index is -4.57. The third kappa shape index (κ3) is 5.16. The van der Waals surface area contributed by atoms with Gasteiger partial charge in [0.15, 0.2) is 0 Å². The van der Waals surface area contributed by atoms with Gasteiger partial charge < -0.3 is 19.9 Å². The van der Waals surface area contributed by atoms with Gasteiger partial charge in [-0.15, -0.1) is 0 Å². The molecule has 7 nitrogen and oxygen atoms in total. The largest absolute Gasteiger partial charge is 0.417 e. The summed E-state index contributed by atoms with van der Waals surface area (Å²) >= 11 is 5.87. The smallest absolute Gasteiger partial charge is 0.379 e. The van der Waals surface area contributed by atoms with Crippen LogP contribution in [0.5, 0.6) is 0 Å². The molecule has 0 saturated carbocycles. The molecule has 1 N–H and O–H groups in total. The zero-order valence-electron chi connectivity index (χ0n) is 16.5. The van der Waals surface area contributed by atoms with Gasteiger partial charge in [0, 0.05) is 39.8 Å². The quantitative estimate of drug-likeness (QED) is 0.723. The highest BCUT2D eigenvalue weighted by atomic mass is 35.5. The fraction of sp³-hybridized carbons (Fsp3) is 0.579. The molecule has 2 aliphatic rings. The van der Waals surface area contributed by atoms with Gasteiger partial charge in [-0.2, -0.15) is 13.2 Å². The lowest BCUT2D eigenvalue weighted by molar-refractivity contribution is -0.137. The van der Waals surface area contributed by atoms with Crippen LogP contribution in [0.4, 0.5) is 18.0 Å². The summed E-state index contributed by atoms with van der Waals surface area (Å²) < 4.78 is 44.3. The van der Waals surface area contributed by atoms with Gasteiger partial charge in [-0.3, -0.25) is 9.69 Å². The Balaban J connectivity index is 1.56. The summed E-state index contributed by atoms with van der Waals surface area (Å²) in [6.07, 6.45) is -4.57. The summed E-state index contributed by atoms with van der Waals surface area (Å²) in [5.41, 5.74) is -0.783. The summed E-state index contributed by atoms with van der Waals surface area (Å²) in [5.74, 6) is -0.437. The molecule has 2 fully saturated rings. The molecule has 166 valence electrons. The Morgan fingerprint density at radius 3 is 2.63 bits per heavy atom. The van der Waals surface area contributed by atoms with Crippen LogP contribution in [0.15, 0.2) is 18.2 Å². The topological polar surface area (TPSA) is 65.1 Å². The van der Waals surface area contributed by atoms with E-state index in [0.29, 0.717) is 26.3 Å². The van der Waals surface area contributed by atoms with Crippen molar-refractivity contribution in [3.8, 4) is 0 Å². The van der Waals surface area contributed by atoms with E-state index in [4.69, 9.17) is 16.3 Å². The summed E-state index contributed by atoms with van der Waals surface area (Å²) in [4.78, 5) is 30.2. The summed E-state index contributed by atoms with van der Waals surface area (Å²) in [5, 5.41) is 2.16. The average molecular weight is 449 g/mol. The van der Waals surface area contributed by atoms with Crippen molar-refractivity contribution < 1.29 is 27.5 Å². The fourth-order valence-electron chi connectivity index (χ4n) is 3.53. The number of alkyl halides is 3. The minimum Gasteiger partial charge on any atom is -0.379 e. The van der Waals surface area contributed by atoms with E-state index in [1.807, 2.05) is 0 Å². The maximum Gasteiger partial charge on any atom is 0.417 e. The molecule has 11 heteroatoms. The molecule has 2 heterocycles. The van der Waals surface area contributed by atoms with E-state index in [0.717, 1.165) is 19.2 Å². The third-order valence-electron chi connectivity index (χ3n) is 5.36. The van der Waals surface area contributed by atoms with Crippen molar-refractivity contribution in [3.05, 3.63) is 34.3 Å². The number of likely N-dealkylation sites (N-methyl/N-ethyl adjacent to an activating group) is 1. The minimum absolute atomic E-state index is 0.159. The van der Waals surface area contributed by atoms with Crippen molar-refractivity contribution in [2.45, 2.75) is 18.8 Å². The van der Waals surface area contributed by atoms with Crippen molar-refractivity contribution in [3.63, 3.8) is 0 Å². The third-order valence-corrected chi connectivity index (χ3v) is 5.81. The number of rotatable bonds is 6. The van der Waals surface area contributed by atoms with Crippen LogP contribution in [0.25, 0.3) is 0 Å². The number of carbonyl (C=O) groups excluding carboxylic acids is 2. The molecule has 1 aromatic rings. The molecule has 0 spiro atoms. The van der Waals surface area contributed by atoms with Crippen molar-refractivity contribution >= 4 is 23.5 Å². The van der Waals surface area contributed by atoms with Gasteiger partial charge >= 0.3 is 12.2 Å². The van der Waals surface area contributed by atoms with E-state index in [1.54, 1.807) is 11.9 Å². The van der Waals surface area contributed by atoms with Gasteiger partial charge in [0.05, 0.1) is 30.3 Å². The van der Waals surface area contributed by atoms with Crippen LogP contribution >= 0.6 is 11.6 Å². The maximum atomic E-state index is 13.0. The number of urea groups is 1. The van der Waals surface area contributed by atoms with Crippen molar-refractivity contribution in [1.82, 2.24) is 20.0 Å². The van der Waals surface area contributed by atoms with Gasteiger partial charge in [-0.1, -0.05) is 23.7 Å². The lowest BCUT2D eigenvalue weighted by Gasteiger charge is -2.28. The molecule has 30 heavy (non-hydrogen) atoms. The predicted molar refractivity (Wildman–Crippen MR) is 104 cm³/mol. The first-order valence-corrected chi connectivity index (χ1v) is 10.0. The number of morpholine rings is 1. The first-order valence-electron chi connectivity index (χ1n) is 9.62. The van der Waals surface area contributed by atoms with Crippen LogP contribution in [0.2, 0.25) is 5.02 Å². The van der Waals surface area contributed by atoms with Crippen LogP contribution in [0, 0.1) is 0 Å². The molecule has 0 aliphatic carbocycles. The summed E-state index contributed by atoms with van der Waals surface area (Å²) in [7, 11) is 1.54. The highest BCUT2D eigenvalue weighted by Crippen LogP contribution is 2.36. The van der Waals surface area contributed by atoms with Crippen LogP contribution in [0.3, 0.4) is 0 Å². The number of amides is 3. The Morgan fingerprint density at radius 1 is 1.27 bits per heavy atom. The lowest BCUT2D eigenvalue weighted by Crippen LogP contribution is -2.43. The number of hydrogen-bond donors (Lipinski definition) is 1. The Labute approximate surface area is 177 Å².